The molecule has 0 radical (unpaired) electrons. The molecule has 1 aliphatic carbocycles. The van der Waals surface area contributed by atoms with E-state index in [-0.39, 0.29) is 5.82 Å². The maximum atomic E-state index is 13.8. The second-order valence-electron chi connectivity index (χ2n) is 6.35. The smallest absolute Gasteiger partial charge is 0.127 e. The molecule has 1 saturated carbocycles. The topological polar surface area (TPSA) is 15.3 Å². The summed E-state index contributed by atoms with van der Waals surface area (Å²) in [6, 6.07) is 7.74. The van der Waals surface area contributed by atoms with E-state index in [1.807, 2.05) is 12.1 Å². The van der Waals surface area contributed by atoms with E-state index in [2.05, 4.69) is 24.2 Å². The SMILES string of the molecule is CCNC1CCCCCC1CN(C)Cc1ccccc1F. The van der Waals surface area contributed by atoms with Crippen LogP contribution in [-0.4, -0.2) is 31.1 Å². The molecular weight excluding hydrogens is 263 g/mol. The van der Waals surface area contributed by atoms with Gasteiger partial charge in [-0.15, -0.1) is 0 Å². The van der Waals surface area contributed by atoms with Crippen molar-refractivity contribution in [2.75, 3.05) is 20.1 Å². The van der Waals surface area contributed by atoms with Gasteiger partial charge in [-0.2, -0.15) is 0 Å². The van der Waals surface area contributed by atoms with E-state index in [0.29, 0.717) is 18.5 Å². The fraction of sp³-hybridized carbons (Fsp3) is 0.667. The minimum absolute atomic E-state index is 0.0894. The summed E-state index contributed by atoms with van der Waals surface area (Å²) in [5.41, 5.74) is 0.800. The lowest BCUT2D eigenvalue weighted by Gasteiger charge is -2.30. The third-order valence-electron chi connectivity index (χ3n) is 4.57. The van der Waals surface area contributed by atoms with Crippen molar-refractivity contribution in [3.8, 4) is 0 Å². The van der Waals surface area contributed by atoms with Crippen molar-refractivity contribution in [1.82, 2.24) is 10.2 Å². The molecule has 0 bridgehead atoms. The number of halogens is 1. The highest BCUT2D eigenvalue weighted by Crippen LogP contribution is 2.24. The number of hydrogen-bond acceptors (Lipinski definition) is 2. The van der Waals surface area contributed by atoms with Gasteiger partial charge in [0.05, 0.1) is 0 Å². The van der Waals surface area contributed by atoms with E-state index in [9.17, 15) is 4.39 Å². The van der Waals surface area contributed by atoms with Crippen LogP contribution < -0.4 is 5.32 Å². The summed E-state index contributed by atoms with van der Waals surface area (Å²) in [5.74, 6) is 0.595. The summed E-state index contributed by atoms with van der Waals surface area (Å²) in [6.07, 6.45) is 6.60. The Morgan fingerprint density at radius 1 is 1.19 bits per heavy atom. The molecule has 2 rings (SSSR count). The van der Waals surface area contributed by atoms with Gasteiger partial charge in [0.2, 0.25) is 0 Å². The molecular formula is C18H29FN2. The molecule has 0 saturated heterocycles. The summed E-state index contributed by atoms with van der Waals surface area (Å²) in [5, 5.41) is 3.65. The fourth-order valence-electron chi connectivity index (χ4n) is 3.52. The lowest BCUT2D eigenvalue weighted by Crippen LogP contribution is -2.40. The highest BCUT2D eigenvalue weighted by molar-refractivity contribution is 5.17. The van der Waals surface area contributed by atoms with Gasteiger partial charge in [-0.05, 0) is 38.4 Å². The largest absolute Gasteiger partial charge is 0.314 e. The van der Waals surface area contributed by atoms with Crippen molar-refractivity contribution in [1.29, 1.82) is 0 Å². The molecule has 0 aliphatic heterocycles. The molecule has 0 amide bonds. The minimum Gasteiger partial charge on any atom is -0.314 e. The van der Waals surface area contributed by atoms with E-state index in [1.54, 1.807) is 12.1 Å². The molecule has 0 spiro atoms. The Balaban J connectivity index is 1.93. The second-order valence-corrected chi connectivity index (χ2v) is 6.35. The van der Waals surface area contributed by atoms with Crippen LogP contribution in [0.15, 0.2) is 24.3 Å². The van der Waals surface area contributed by atoms with Crippen molar-refractivity contribution in [2.24, 2.45) is 5.92 Å². The Labute approximate surface area is 128 Å². The highest BCUT2D eigenvalue weighted by Gasteiger charge is 2.24. The van der Waals surface area contributed by atoms with E-state index >= 15 is 0 Å². The van der Waals surface area contributed by atoms with Crippen LogP contribution in [0.1, 0.15) is 44.6 Å². The fourth-order valence-corrected chi connectivity index (χ4v) is 3.52. The Morgan fingerprint density at radius 2 is 1.95 bits per heavy atom. The standard InChI is InChI=1S/C18H29FN2/c1-3-20-18-12-6-4-5-10-16(18)14-21(2)13-15-9-7-8-11-17(15)19/h7-9,11,16,18,20H,3-6,10,12-14H2,1-2H3. The molecule has 1 fully saturated rings. The maximum absolute atomic E-state index is 13.8. The van der Waals surface area contributed by atoms with Gasteiger partial charge in [0.15, 0.2) is 0 Å². The van der Waals surface area contributed by atoms with Gasteiger partial charge in [0, 0.05) is 24.7 Å². The lowest BCUT2D eigenvalue weighted by atomic mass is 9.94. The van der Waals surface area contributed by atoms with Gasteiger partial charge < -0.3 is 10.2 Å². The maximum Gasteiger partial charge on any atom is 0.127 e. The number of nitrogens with one attached hydrogen (secondary N) is 1. The van der Waals surface area contributed by atoms with Crippen LogP contribution in [-0.2, 0) is 6.54 Å². The number of nitrogens with zero attached hydrogens (tertiary/aromatic N) is 1. The Bertz CT molecular complexity index is 421. The second kappa shape index (κ2) is 8.50. The molecule has 3 heteroatoms. The molecule has 2 unspecified atom stereocenters. The molecule has 1 N–H and O–H groups in total. The molecule has 2 nitrogen and oxygen atoms in total. The average Bonchev–Trinajstić information content (AvgIpc) is 2.68. The van der Waals surface area contributed by atoms with Crippen molar-refractivity contribution in [2.45, 2.75) is 51.6 Å². The summed E-state index contributed by atoms with van der Waals surface area (Å²) in [4.78, 5) is 2.28. The van der Waals surface area contributed by atoms with E-state index in [1.165, 1.54) is 32.1 Å². The third-order valence-corrected chi connectivity index (χ3v) is 4.57. The highest BCUT2D eigenvalue weighted by atomic mass is 19.1. The zero-order chi connectivity index (χ0) is 15.1. The molecule has 0 heterocycles. The Hall–Kier alpha value is -0.930. The minimum atomic E-state index is -0.0894. The Kier molecular flexibility index (Phi) is 6.65. The van der Waals surface area contributed by atoms with Crippen LogP contribution >= 0.6 is 0 Å². The van der Waals surface area contributed by atoms with Crippen molar-refractivity contribution in [3.63, 3.8) is 0 Å². The van der Waals surface area contributed by atoms with Gasteiger partial charge in [-0.25, -0.2) is 4.39 Å². The van der Waals surface area contributed by atoms with Crippen LogP contribution in [0.25, 0.3) is 0 Å². The van der Waals surface area contributed by atoms with Crippen molar-refractivity contribution < 1.29 is 4.39 Å². The normalized spacial score (nSPS) is 23.2. The molecule has 1 aromatic rings. The summed E-state index contributed by atoms with van der Waals surface area (Å²) < 4.78 is 13.8. The average molecular weight is 292 g/mol. The molecule has 0 aromatic heterocycles. The number of benzene rings is 1. The van der Waals surface area contributed by atoms with Crippen LogP contribution in [0.5, 0.6) is 0 Å². The van der Waals surface area contributed by atoms with E-state index in [4.69, 9.17) is 0 Å². The van der Waals surface area contributed by atoms with Crippen molar-refractivity contribution in [3.05, 3.63) is 35.6 Å². The molecule has 21 heavy (non-hydrogen) atoms. The first kappa shape index (κ1) is 16.4. The third kappa shape index (κ3) is 5.08. The van der Waals surface area contributed by atoms with Crippen LogP contribution in [0.3, 0.4) is 0 Å². The van der Waals surface area contributed by atoms with Crippen LogP contribution in [0.4, 0.5) is 4.39 Å². The Morgan fingerprint density at radius 3 is 2.71 bits per heavy atom. The first-order valence-corrected chi connectivity index (χ1v) is 8.36. The summed E-state index contributed by atoms with van der Waals surface area (Å²) in [7, 11) is 2.11. The summed E-state index contributed by atoms with van der Waals surface area (Å²) in [6.45, 7) is 4.97. The van der Waals surface area contributed by atoms with Crippen molar-refractivity contribution >= 4 is 0 Å². The van der Waals surface area contributed by atoms with Gasteiger partial charge in [0.1, 0.15) is 5.82 Å². The molecule has 118 valence electrons. The quantitative estimate of drug-likeness (QED) is 0.802. The van der Waals surface area contributed by atoms with Crippen LogP contribution in [0.2, 0.25) is 0 Å². The van der Waals surface area contributed by atoms with Gasteiger partial charge in [-0.1, -0.05) is 44.4 Å². The first-order chi connectivity index (χ1) is 10.2. The first-order valence-electron chi connectivity index (χ1n) is 8.36. The molecule has 1 aliphatic rings. The lowest BCUT2D eigenvalue weighted by molar-refractivity contribution is 0.218. The van der Waals surface area contributed by atoms with E-state index in [0.717, 1.165) is 18.7 Å². The predicted octanol–water partition coefficient (Wildman–Crippen LogP) is 3.82. The molecule has 1 aromatic carbocycles. The van der Waals surface area contributed by atoms with Gasteiger partial charge >= 0.3 is 0 Å². The predicted molar refractivity (Wildman–Crippen MR) is 86.8 cm³/mol. The zero-order valence-electron chi connectivity index (χ0n) is 13.4. The summed E-state index contributed by atoms with van der Waals surface area (Å²) >= 11 is 0. The number of rotatable bonds is 6. The zero-order valence-corrected chi connectivity index (χ0v) is 13.4. The number of hydrogen-bond donors (Lipinski definition) is 1. The molecule has 2 atom stereocenters. The van der Waals surface area contributed by atoms with Gasteiger partial charge in [0.25, 0.3) is 0 Å². The van der Waals surface area contributed by atoms with Crippen LogP contribution in [0, 0.1) is 11.7 Å². The monoisotopic (exact) mass is 292 g/mol. The van der Waals surface area contributed by atoms with Gasteiger partial charge in [-0.3, -0.25) is 0 Å². The van der Waals surface area contributed by atoms with E-state index < -0.39 is 0 Å².